The van der Waals surface area contributed by atoms with Crippen LogP contribution < -0.4 is 0 Å². The van der Waals surface area contributed by atoms with E-state index < -0.39 is 0 Å². The molecule has 62 valence electrons. The van der Waals surface area contributed by atoms with Gasteiger partial charge in [0.05, 0.1) is 0 Å². The molecule has 0 amide bonds. The topological polar surface area (TPSA) is 20.2 Å². The summed E-state index contributed by atoms with van der Waals surface area (Å²) in [5.74, 6) is 6.28. The van der Waals surface area contributed by atoms with Crippen LogP contribution in [0.15, 0.2) is 18.2 Å². The molecule has 0 radical (unpaired) electrons. The van der Waals surface area contributed by atoms with Gasteiger partial charge in [0.15, 0.2) is 0 Å². The maximum Gasteiger partial charge on any atom is 0.119 e. The second kappa shape index (κ2) is 3.82. The van der Waals surface area contributed by atoms with Crippen molar-refractivity contribution in [1.82, 2.24) is 0 Å². The second-order valence-electron chi connectivity index (χ2n) is 2.61. The van der Waals surface area contributed by atoms with Crippen LogP contribution in [0.3, 0.4) is 0 Å². The largest absolute Gasteiger partial charge is 0.508 e. The summed E-state index contributed by atoms with van der Waals surface area (Å²) in [6, 6.07) is 5.40. The molecular weight excluding hydrogens is 148 g/mol. The summed E-state index contributed by atoms with van der Waals surface area (Å²) in [5.41, 5.74) is 1.77. The highest BCUT2D eigenvalue weighted by Gasteiger charge is 1.97. The molecule has 1 rings (SSSR count). The van der Waals surface area contributed by atoms with Crippen molar-refractivity contribution in [3.8, 4) is 17.6 Å². The molecule has 1 aromatic rings. The Labute approximate surface area is 73.0 Å². The fourth-order valence-corrected chi connectivity index (χ4v) is 0.942. The van der Waals surface area contributed by atoms with Crippen molar-refractivity contribution in [3.05, 3.63) is 29.3 Å². The predicted octanol–water partition coefficient (Wildman–Crippen LogP) is 2.46. The Morgan fingerprint density at radius 3 is 2.83 bits per heavy atom. The van der Waals surface area contributed by atoms with Crippen LogP contribution in [0.1, 0.15) is 24.5 Å². The fourth-order valence-electron chi connectivity index (χ4n) is 0.942. The number of aromatic hydroxyl groups is 1. The van der Waals surface area contributed by atoms with Gasteiger partial charge in [-0.1, -0.05) is 24.8 Å². The number of benzene rings is 1. The molecule has 0 aliphatic rings. The Hall–Kier alpha value is -1.42. The van der Waals surface area contributed by atoms with Gasteiger partial charge in [-0.05, 0) is 19.1 Å². The highest BCUT2D eigenvalue weighted by molar-refractivity contribution is 5.47. The molecule has 0 aromatic heterocycles. The van der Waals surface area contributed by atoms with Crippen LogP contribution in [0.2, 0.25) is 0 Å². The van der Waals surface area contributed by atoms with E-state index in [2.05, 4.69) is 11.8 Å². The van der Waals surface area contributed by atoms with E-state index in [1.165, 1.54) is 0 Å². The number of phenols is 1. The minimum absolute atomic E-state index is 0.318. The maximum absolute atomic E-state index is 9.33. The van der Waals surface area contributed by atoms with Crippen LogP contribution in [0.4, 0.5) is 0 Å². The van der Waals surface area contributed by atoms with Crippen LogP contribution in [-0.2, 0) is 0 Å². The number of hydrogen-bond donors (Lipinski definition) is 1. The third-order valence-corrected chi connectivity index (χ3v) is 1.71. The zero-order valence-electron chi connectivity index (χ0n) is 7.39. The van der Waals surface area contributed by atoms with Crippen LogP contribution in [0, 0.1) is 18.8 Å². The lowest BCUT2D eigenvalue weighted by atomic mass is 10.1. The van der Waals surface area contributed by atoms with Crippen LogP contribution in [0.25, 0.3) is 0 Å². The van der Waals surface area contributed by atoms with Crippen molar-refractivity contribution >= 4 is 0 Å². The van der Waals surface area contributed by atoms with Gasteiger partial charge in [0, 0.05) is 17.5 Å². The first-order valence-corrected chi connectivity index (χ1v) is 4.03. The first-order chi connectivity index (χ1) is 5.75. The van der Waals surface area contributed by atoms with Gasteiger partial charge in [-0.15, -0.1) is 0 Å². The Kier molecular flexibility index (Phi) is 2.76. The van der Waals surface area contributed by atoms with Crippen molar-refractivity contribution in [2.45, 2.75) is 20.3 Å². The molecule has 0 atom stereocenters. The number of hydrogen-bond acceptors (Lipinski definition) is 1. The molecule has 0 aliphatic heterocycles. The van der Waals surface area contributed by atoms with Gasteiger partial charge in [-0.25, -0.2) is 0 Å². The Morgan fingerprint density at radius 2 is 2.17 bits per heavy atom. The smallest absolute Gasteiger partial charge is 0.119 e. The zero-order valence-corrected chi connectivity index (χ0v) is 7.39. The second-order valence-corrected chi connectivity index (χ2v) is 2.61. The van der Waals surface area contributed by atoms with E-state index in [-0.39, 0.29) is 0 Å². The van der Waals surface area contributed by atoms with E-state index in [0.717, 1.165) is 17.5 Å². The van der Waals surface area contributed by atoms with Gasteiger partial charge in [0.2, 0.25) is 0 Å². The molecule has 0 spiro atoms. The third kappa shape index (κ3) is 1.79. The van der Waals surface area contributed by atoms with E-state index in [1.54, 1.807) is 6.07 Å². The first-order valence-electron chi connectivity index (χ1n) is 4.03. The average Bonchev–Trinajstić information content (AvgIpc) is 2.08. The maximum atomic E-state index is 9.33. The van der Waals surface area contributed by atoms with Crippen molar-refractivity contribution in [2.24, 2.45) is 0 Å². The molecule has 1 nitrogen and oxygen atoms in total. The first kappa shape index (κ1) is 8.67. The lowest BCUT2D eigenvalue weighted by Gasteiger charge is -1.99. The van der Waals surface area contributed by atoms with Gasteiger partial charge in [0.1, 0.15) is 5.75 Å². The van der Waals surface area contributed by atoms with E-state index >= 15 is 0 Å². The van der Waals surface area contributed by atoms with E-state index in [1.807, 2.05) is 26.0 Å². The zero-order chi connectivity index (χ0) is 8.97. The minimum Gasteiger partial charge on any atom is -0.508 e. The molecular formula is C11H12O. The van der Waals surface area contributed by atoms with Gasteiger partial charge in [-0.2, -0.15) is 0 Å². The minimum atomic E-state index is 0.318. The van der Waals surface area contributed by atoms with Crippen molar-refractivity contribution in [2.75, 3.05) is 0 Å². The normalized spacial score (nSPS) is 8.83. The van der Waals surface area contributed by atoms with Gasteiger partial charge in [-0.3, -0.25) is 0 Å². The monoisotopic (exact) mass is 160 g/mol. The highest BCUT2D eigenvalue weighted by atomic mass is 16.3. The molecule has 0 aliphatic carbocycles. The van der Waals surface area contributed by atoms with E-state index in [0.29, 0.717) is 5.75 Å². The number of phenolic OH excluding ortho intramolecular Hbond substituents is 1. The third-order valence-electron chi connectivity index (χ3n) is 1.71. The van der Waals surface area contributed by atoms with Gasteiger partial charge < -0.3 is 5.11 Å². The molecule has 1 N–H and O–H groups in total. The molecule has 1 aromatic carbocycles. The highest BCUT2D eigenvalue weighted by Crippen LogP contribution is 2.18. The summed E-state index contributed by atoms with van der Waals surface area (Å²) < 4.78 is 0. The summed E-state index contributed by atoms with van der Waals surface area (Å²) in [7, 11) is 0. The van der Waals surface area contributed by atoms with Crippen LogP contribution in [0.5, 0.6) is 5.75 Å². The Morgan fingerprint density at radius 1 is 1.42 bits per heavy atom. The van der Waals surface area contributed by atoms with Crippen molar-refractivity contribution in [1.29, 1.82) is 0 Å². The Bertz CT molecular complexity index is 329. The number of rotatable bonds is 0. The molecule has 0 bridgehead atoms. The quantitative estimate of drug-likeness (QED) is 0.578. The van der Waals surface area contributed by atoms with Crippen molar-refractivity contribution < 1.29 is 5.11 Å². The summed E-state index contributed by atoms with van der Waals surface area (Å²) >= 11 is 0. The predicted molar refractivity (Wildman–Crippen MR) is 50.0 cm³/mol. The summed E-state index contributed by atoms with van der Waals surface area (Å²) in [5, 5.41) is 9.33. The summed E-state index contributed by atoms with van der Waals surface area (Å²) in [6.45, 7) is 3.88. The van der Waals surface area contributed by atoms with Crippen LogP contribution >= 0.6 is 0 Å². The lowest BCUT2D eigenvalue weighted by Crippen LogP contribution is -1.81. The molecule has 0 saturated heterocycles. The Balaban J connectivity index is 3.08. The molecule has 0 saturated carbocycles. The van der Waals surface area contributed by atoms with Gasteiger partial charge >= 0.3 is 0 Å². The molecule has 0 heterocycles. The molecule has 0 fully saturated rings. The fraction of sp³-hybridized carbons (Fsp3) is 0.273. The summed E-state index contributed by atoms with van der Waals surface area (Å²) in [6.07, 6.45) is 0.842. The standard InChI is InChI=1S/C11H12O/c1-3-4-6-10-7-5-8-11(12)9(10)2/h5,7-8,12H,3H2,1-2H3. The summed E-state index contributed by atoms with van der Waals surface area (Å²) in [4.78, 5) is 0. The van der Waals surface area contributed by atoms with E-state index in [9.17, 15) is 5.11 Å². The molecule has 0 unspecified atom stereocenters. The SMILES string of the molecule is CCC#Cc1cccc(O)c1C. The van der Waals surface area contributed by atoms with Crippen molar-refractivity contribution in [3.63, 3.8) is 0 Å². The lowest BCUT2D eigenvalue weighted by molar-refractivity contribution is 0.471. The van der Waals surface area contributed by atoms with Gasteiger partial charge in [0.25, 0.3) is 0 Å². The van der Waals surface area contributed by atoms with E-state index in [4.69, 9.17) is 0 Å². The molecule has 12 heavy (non-hydrogen) atoms. The van der Waals surface area contributed by atoms with Crippen LogP contribution in [-0.4, -0.2) is 5.11 Å². The molecule has 1 heteroatoms. The average molecular weight is 160 g/mol.